The molecule has 1 aliphatic heterocycles. The minimum absolute atomic E-state index is 0.0716. The average Bonchev–Trinajstić information content (AvgIpc) is 3.05. The van der Waals surface area contributed by atoms with Crippen molar-refractivity contribution in [2.24, 2.45) is 0 Å². The lowest BCUT2D eigenvalue weighted by Crippen LogP contribution is -2.50. The molecule has 0 unspecified atom stereocenters. The lowest BCUT2D eigenvalue weighted by Gasteiger charge is -2.35. The van der Waals surface area contributed by atoms with E-state index in [1.807, 2.05) is 19.2 Å². The second kappa shape index (κ2) is 8.22. The maximum Gasteiger partial charge on any atom is 0.254 e. The van der Waals surface area contributed by atoms with Crippen molar-refractivity contribution in [3.63, 3.8) is 0 Å². The van der Waals surface area contributed by atoms with Crippen LogP contribution in [-0.4, -0.2) is 67.5 Å². The molecule has 2 aromatic rings. The van der Waals surface area contributed by atoms with Gasteiger partial charge in [-0.15, -0.1) is 11.3 Å². The third kappa shape index (κ3) is 4.39. The first-order chi connectivity index (χ1) is 12.9. The van der Waals surface area contributed by atoms with E-state index in [4.69, 9.17) is 4.98 Å². The summed E-state index contributed by atoms with van der Waals surface area (Å²) in [6.07, 6.45) is 0. The number of nitrogens with one attached hydrogen (secondary N) is 2. The number of aryl methyl sites for hydroxylation is 1. The number of thiophene rings is 1. The fraction of sp³-hybridized carbons (Fsp3) is 0.526. The molecule has 1 fully saturated rings. The van der Waals surface area contributed by atoms with Crippen molar-refractivity contribution in [3.8, 4) is 0 Å². The summed E-state index contributed by atoms with van der Waals surface area (Å²) in [5.41, 5.74) is 2.54. The first kappa shape index (κ1) is 19.6. The molecule has 3 heterocycles. The van der Waals surface area contributed by atoms with Crippen LogP contribution in [0.5, 0.6) is 0 Å². The first-order valence-electron chi connectivity index (χ1n) is 9.26. The topological polar surface area (TPSA) is 77.6 Å². The Labute approximate surface area is 163 Å². The normalized spacial score (nSPS) is 15.4. The van der Waals surface area contributed by atoms with Gasteiger partial charge in [-0.2, -0.15) is 0 Å². The Kier molecular flexibility index (Phi) is 5.96. The molecule has 0 saturated carbocycles. The van der Waals surface area contributed by atoms with Crippen LogP contribution in [0.1, 0.15) is 29.8 Å². The van der Waals surface area contributed by atoms with Crippen molar-refractivity contribution in [1.82, 2.24) is 20.5 Å². The Bertz CT molecular complexity index is 840. The summed E-state index contributed by atoms with van der Waals surface area (Å²) in [5.74, 6) is 0.864. The smallest absolute Gasteiger partial charge is 0.254 e. The second-order valence-corrected chi connectivity index (χ2v) is 8.07. The van der Waals surface area contributed by atoms with Crippen LogP contribution < -0.4 is 15.5 Å². The maximum absolute atomic E-state index is 12.1. The molecule has 0 atom stereocenters. The molecule has 1 aliphatic rings. The van der Waals surface area contributed by atoms with E-state index in [-0.39, 0.29) is 17.9 Å². The van der Waals surface area contributed by atoms with Gasteiger partial charge in [0.1, 0.15) is 5.82 Å². The average molecular weight is 390 g/mol. The summed E-state index contributed by atoms with van der Waals surface area (Å²) in [4.78, 5) is 33.2. The molecule has 2 amide bonds. The summed E-state index contributed by atoms with van der Waals surface area (Å²) in [5, 5.41) is 7.50. The van der Waals surface area contributed by atoms with Gasteiger partial charge >= 0.3 is 0 Å². The number of fused-ring (bicyclic) bond motifs is 1. The third-order valence-corrected chi connectivity index (χ3v) is 5.78. The summed E-state index contributed by atoms with van der Waals surface area (Å²) < 4.78 is 1.06. The number of piperazine rings is 1. The predicted molar refractivity (Wildman–Crippen MR) is 110 cm³/mol. The molecule has 3 rings (SSSR count). The van der Waals surface area contributed by atoms with Crippen LogP contribution in [0.4, 0.5) is 5.82 Å². The number of aromatic nitrogens is 1. The quantitative estimate of drug-likeness (QED) is 0.812. The van der Waals surface area contributed by atoms with Gasteiger partial charge in [-0.25, -0.2) is 4.98 Å². The van der Waals surface area contributed by atoms with Crippen LogP contribution in [0.3, 0.4) is 0 Å². The van der Waals surface area contributed by atoms with Crippen molar-refractivity contribution in [2.75, 3.05) is 44.7 Å². The molecule has 7 nitrogen and oxygen atoms in total. The third-order valence-electron chi connectivity index (χ3n) is 4.68. The lowest BCUT2D eigenvalue weighted by atomic mass is 10.2. The van der Waals surface area contributed by atoms with Crippen LogP contribution in [0.15, 0.2) is 11.4 Å². The molecule has 146 valence electrons. The first-order valence-corrected chi connectivity index (χ1v) is 10.1. The maximum atomic E-state index is 12.1. The Hall–Kier alpha value is -2.19. The molecule has 1 saturated heterocycles. The van der Waals surface area contributed by atoms with Gasteiger partial charge in [-0.3, -0.25) is 14.5 Å². The number of hydrogen-bond donors (Lipinski definition) is 2. The highest BCUT2D eigenvalue weighted by Gasteiger charge is 2.22. The van der Waals surface area contributed by atoms with E-state index in [1.54, 1.807) is 18.4 Å². The van der Waals surface area contributed by atoms with Gasteiger partial charge in [0.2, 0.25) is 5.91 Å². The summed E-state index contributed by atoms with van der Waals surface area (Å²) in [6, 6.07) is 2.26. The molecule has 0 radical (unpaired) electrons. The Morgan fingerprint density at radius 1 is 1.26 bits per heavy atom. The number of carbonyl (C=O) groups excluding carboxylic acids is 2. The number of pyridine rings is 1. The van der Waals surface area contributed by atoms with Gasteiger partial charge in [0.05, 0.1) is 22.3 Å². The summed E-state index contributed by atoms with van der Waals surface area (Å²) >= 11 is 1.56. The monoisotopic (exact) mass is 389 g/mol. The number of nitrogens with zero attached hydrogens (tertiary/aromatic N) is 3. The lowest BCUT2D eigenvalue weighted by molar-refractivity contribution is -0.122. The largest absolute Gasteiger partial charge is 0.355 e. The molecule has 0 spiro atoms. The van der Waals surface area contributed by atoms with Gasteiger partial charge in [0, 0.05) is 44.6 Å². The van der Waals surface area contributed by atoms with Crippen molar-refractivity contribution in [2.45, 2.75) is 26.8 Å². The van der Waals surface area contributed by atoms with E-state index in [0.717, 1.165) is 47.8 Å². The molecule has 27 heavy (non-hydrogen) atoms. The fourth-order valence-electron chi connectivity index (χ4n) is 3.31. The Balaban J connectivity index is 1.72. The Morgan fingerprint density at radius 3 is 2.59 bits per heavy atom. The SMILES string of the molecule is CNC(=O)c1csc2c(C)cc(N3CCN(CC(=O)NC(C)C)CC3)nc12. The van der Waals surface area contributed by atoms with Crippen molar-refractivity contribution in [1.29, 1.82) is 0 Å². The highest BCUT2D eigenvalue weighted by Crippen LogP contribution is 2.30. The minimum Gasteiger partial charge on any atom is -0.355 e. The number of carbonyl (C=O) groups is 2. The number of amides is 2. The van der Waals surface area contributed by atoms with Gasteiger partial charge in [0.15, 0.2) is 0 Å². The second-order valence-electron chi connectivity index (χ2n) is 7.19. The molecule has 2 aromatic heterocycles. The van der Waals surface area contributed by atoms with E-state index in [2.05, 4.69) is 33.4 Å². The number of rotatable bonds is 5. The van der Waals surface area contributed by atoms with Crippen molar-refractivity contribution in [3.05, 3.63) is 22.6 Å². The highest BCUT2D eigenvalue weighted by atomic mass is 32.1. The highest BCUT2D eigenvalue weighted by molar-refractivity contribution is 7.17. The fourth-order valence-corrected chi connectivity index (χ4v) is 4.28. The van der Waals surface area contributed by atoms with Crippen LogP contribution in [0.2, 0.25) is 0 Å². The van der Waals surface area contributed by atoms with Crippen molar-refractivity contribution >= 4 is 39.2 Å². The van der Waals surface area contributed by atoms with Gasteiger partial charge in [0.25, 0.3) is 5.91 Å². The van der Waals surface area contributed by atoms with Gasteiger partial charge in [-0.05, 0) is 32.4 Å². The number of anilines is 1. The van der Waals surface area contributed by atoms with E-state index >= 15 is 0 Å². The van der Waals surface area contributed by atoms with E-state index in [9.17, 15) is 9.59 Å². The van der Waals surface area contributed by atoms with Crippen LogP contribution in [0.25, 0.3) is 10.2 Å². The van der Waals surface area contributed by atoms with E-state index in [0.29, 0.717) is 12.1 Å². The number of hydrogen-bond acceptors (Lipinski definition) is 6. The predicted octanol–water partition coefficient (Wildman–Crippen LogP) is 1.61. The molecular weight excluding hydrogens is 362 g/mol. The molecular formula is C19H27N5O2S. The van der Waals surface area contributed by atoms with E-state index < -0.39 is 0 Å². The molecule has 0 bridgehead atoms. The van der Waals surface area contributed by atoms with Crippen molar-refractivity contribution < 1.29 is 9.59 Å². The molecule has 0 aromatic carbocycles. The molecule has 8 heteroatoms. The standard InChI is InChI=1S/C19H27N5O2S/c1-12(2)21-16(25)10-23-5-7-24(8-6-23)15-9-13(3)18-17(22-15)14(11-27-18)19(26)20-4/h9,11-12H,5-8,10H2,1-4H3,(H,20,26)(H,21,25). The Morgan fingerprint density at radius 2 is 1.96 bits per heavy atom. The van der Waals surface area contributed by atoms with Crippen LogP contribution in [-0.2, 0) is 4.79 Å². The van der Waals surface area contributed by atoms with Gasteiger partial charge < -0.3 is 15.5 Å². The van der Waals surface area contributed by atoms with Crippen LogP contribution >= 0.6 is 11.3 Å². The van der Waals surface area contributed by atoms with Crippen LogP contribution in [0, 0.1) is 6.92 Å². The summed E-state index contributed by atoms with van der Waals surface area (Å²) in [7, 11) is 1.64. The zero-order chi connectivity index (χ0) is 19.6. The zero-order valence-electron chi connectivity index (χ0n) is 16.3. The minimum atomic E-state index is -0.105. The summed E-state index contributed by atoms with van der Waals surface area (Å²) in [6.45, 7) is 9.69. The zero-order valence-corrected chi connectivity index (χ0v) is 17.2. The van der Waals surface area contributed by atoms with E-state index in [1.165, 1.54) is 0 Å². The van der Waals surface area contributed by atoms with Gasteiger partial charge in [-0.1, -0.05) is 0 Å². The molecule has 0 aliphatic carbocycles. The molecule has 2 N–H and O–H groups in total.